The number of rotatable bonds is 0. The average molecular weight is 128 g/mol. The van der Waals surface area contributed by atoms with Crippen molar-refractivity contribution in [2.45, 2.75) is 0 Å². The van der Waals surface area contributed by atoms with Crippen LogP contribution in [-0.2, 0) is 13.7 Å². The summed E-state index contributed by atoms with van der Waals surface area (Å²) in [5, 5.41) is 0. The topological polar surface area (TPSA) is 104 Å². The van der Waals surface area contributed by atoms with Gasteiger partial charge in [0, 0.05) is 0 Å². The summed E-state index contributed by atoms with van der Waals surface area (Å²) in [4.78, 5) is 0. The van der Waals surface area contributed by atoms with Gasteiger partial charge < -0.3 is 0 Å². The molecule has 0 spiro atoms. The van der Waals surface area contributed by atoms with Crippen LogP contribution in [0.4, 0.5) is 0 Å². The standard InChI is InChI=1S/Cu.4H2N/h;4*1H2/q+4;4*-1. The van der Waals surface area contributed by atoms with E-state index in [4.69, 9.17) is 19.0 Å². The van der Waals surface area contributed by atoms with Crippen molar-refractivity contribution in [2.75, 3.05) is 0 Å². The number of hydrogen-bond donors (Lipinski definition) is 4. The van der Waals surface area contributed by atoms with Crippen molar-refractivity contribution in [1.82, 2.24) is 0 Å². The van der Waals surface area contributed by atoms with Gasteiger partial charge in [-0.25, -0.2) is 0 Å². The second-order valence-corrected chi connectivity index (χ2v) is 2.49. The van der Waals surface area contributed by atoms with Gasteiger partial charge in [-0.2, -0.15) is 0 Å². The van der Waals surface area contributed by atoms with E-state index in [1.807, 2.05) is 0 Å². The molecule has 0 bridgehead atoms. The monoisotopic (exact) mass is 127 g/mol. The summed E-state index contributed by atoms with van der Waals surface area (Å²) in [6.45, 7) is 0. The van der Waals surface area contributed by atoms with Gasteiger partial charge in [0.2, 0.25) is 0 Å². The summed E-state index contributed by atoms with van der Waals surface area (Å²) in [5.74, 6) is 0. The SMILES string of the molecule is [NH2][Cu]([NH2])([NH2])[NH2]. The minimum atomic E-state index is -2.12. The van der Waals surface area contributed by atoms with Gasteiger partial charge in [-0.05, 0) is 0 Å². The minimum absolute atomic E-state index is 2.12. The molecule has 0 fully saturated rings. The van der Waals surface area contributed by atoms with Crippen molar-refractivity contribution >= 4 is 0 Å². The summed E-state index contributed by atoms with van der Waals surface area (Å²) in [6, 6.07) is 0. The van der Waals surface area contributed by atoms with Gasteiger partial charge in [0.25, 0.3) is 0 Å². The van der Waals surface area contributed by atoms with Crippen molar-refractivity contribution < 1.29 is 13.7 Å². The van der Waals surface area contributed by atoms with Crippen LogP contribution in [0, 0.1) is 0 Å². The molecule has 0 aliphatic rings. The van der Waals surface area contributed by atoms with Crippen molar-refractivity contribution in [2.24, 2.45) is 19.0 Å². The Morgan fingerprint density at radius 3 is 0.800 bits per heavy atom. The molecule has 5 heteroatoms. The van der Waals surface area contributed by atoms with Crippen molar-refractivity contribution in [1.29, 1.82) is 0 Å². The third kappa shape index (κ3) is 188. The second-order valence-electron chi connectivity index (χ2n) is 0.603. The van der Waals surface area contributed by atoms with E-state index in [0.29, 0.717) is 0 Å². The molecule has 0 saturated carbocycles. The Bertz CT molecular complexity index is 19.1. The first-order valence-corrected chi connectivity index (χ1v) is 2.87. The molecule has 0 atom stereocenters. The molecule has 8 N–H and O–H groups in total. The summed E-state index contributed by atoms with van der Waals surface area (Å²) in [5.41, 5.74) is 0. The quantitative estimate of drug-likeness (QED) is 0.273. The average Bonchev–Trinajstić information content (AvgIpc) is 0.722. The molecule has 0 saturated heterocycles. The predicted molar refractivity (Wildman–Crippen MR) is 16.7 cm³/mol. The van der Waals surface area contributed by atoms with E-state index in [1.54, 1.807) is 0 Å². The Morgan fingerprint density at radius 2 is 0.800 bits per heavy atom. The summed E-state index contributed by atoms with van der Waals surface area (Å²) < 4.78 is 19.1. The van der Waals surface area contributed by atoms with E-state index in [2.05, 4.69) is 0 Å². The molecule has 0 unspecified atom stereocenters. The molecule has 39 valence electrons. The fourth-order valence-corrected chi connectivity index (χ4v) is 0. The Hall–Kier alpha value is 0.359. The first-order valence-electron chi connectivity index (χ1n) is 0.696. The molecule has 0 aliphatic carbocycles. The molecule has 0 aromatic carbocycles. The normalized spacial score (nSPS) is 15.2. The van der Waals surface area contributed by atoms with E-state index in [9.17, 15) is 0 Å². The third-order valence-electron chi connectivity index (χ3n) is 0. The first-order chi connectivity index (χ1) is 2.00. The molecule has 0 heterocycles. The fraction of sp³-hybridized carbons (Fsp3) is 0. The van der Waals surface area contributed by atoms with Crippen molar-refractivity contribution in [3.05, 3.63) is 0 Å². The van der Waals surface area contributed by atoms with E-state index in [1.165, 1.54) is 0 Å². The van der Waals surface area contributed by atoms with Gasteiger partial charge in [-0.15, -0.1) is 0 Å². The molecule has 0 rings (SSSR count). The fourth-order valence-electron chi connectivity index (χ4n) is 0. The molecule has 0 aliphatic heterocycles. The van der Waals surface area contributed by atoms with Crippen LogP contribution in [0.2, 0.25) is 0 Å². The van der Waals surface area contributed by atoms with Gasteiger partial charge in [0.1, 0.15) is 0 Å². The predicted octanol–water partition coefficient (Wildman–Crippen LogP) is -2.36. The molecule has 0 aromatic heterocycles. The van der Waals surface area contributed by atoms with Crippen molar-refractivity contribution in [3.63, 3.8) is 0 Å². The summed E-state index contributed by atoms with van der Waals surface area (Å²) in [6.07, 6.45) is 0. The van der Waals surface area contributed by atoms with Gasteiger partial charge in [-0.3, -0.25) is 0 Å². The van der Waals surface area contributed by atoms with Crippen LogP contribution in [0.15, 0.2) is 0 Å². The number of hydrogen-bond acceptors (Lipinski definition) is 4. The Labute approximate surface area is 33.6 Å². The molecule has 0 aromatic rings. The van der Waals surface area contributed by atoms with E-state index < -0.39 is 13.7 Å². The molecule has 5 heavy (non-hydrogen) atoms. The van der Waals surface area contributed by atoms with E-state index >= 15 is 0 Å². The van der Waals surface area contributed by atoms with Crippen molar-refractivity contribution in [3.8, 4) is 0 Å². The van der Waals surface area contributed by atoms with Gasteiger partial charge in [-0.1, -0.05) is 0 Å². The maximum atomic E-state index is 4.77. The second kappa shape index (κ2) is 1.22. The zero-order chi connectivity index (χ0) is 4.50. The third-order valence-corrected chi connectivity index (χ3v) is 0. The van der Waals surface area contributed by atoms with Crippen LogP contribution in [0.25, 0.3) is 0 Å². The van der Waals surface area contributed by atoms with Crippen LogP contribution < -0.4 is 19.0 Å². The van der Waals surface area contributed by atoms with Gasteiger partial charge >= 0.3 is 32.7 Å². The Balaban J connectivity index is 3.02. The molecule has 0 amide bonds. The Kier molecular flexibility index (Phi) is 1.30. The van der Waals surface area contributed by atoms with Crippen LogP contribution in [0.5, 0.6) is 0 Å². The van der Waals surface area contributed by atoms with E-state index in [0.717, 1.165) is 0 Å². The van der Waals surface area contributed by atoms with Crippen LogP contribution in [-0.4, -0.2) is 0 Å². The van der Waals surface area contributed by atoms with E-state index in [-0.39, 0.29) is 0 Å². The molecular weight excluding hydrogens is 120 g/mol. The summed E-state index contributed by atoms with van der Waals surface area (Å²) >= 11 is -2.12. The molecular formula is H8CuN4. The zero-order valence-electron chi connectivity index (χ0n) is 2.61. The molecule has 4 nitrogen and oxygen atoms in total. The Morgan fingerprint density at radius 1 is 0.800 bits per heavy atom. The van der Waals surface area contributed by atoms with Crippen LogP contribution in [0.1, 0.15) is 0 Å². The molecule has 0 radical (unpaired) electrons. The van der Waals surface area contributed by atoms with Crippen LogP contribution in [0.3, 0.4) is 0 Å². The van der Waals surface area contributed by atoms with Gasteiger partial charge in [0.05, 0.1) is 0 Å². The summed E-state index contributed by atoms with van der Waals surface area (Å²) in [7, 11) is 0. The zero-order valence-corrected chi connectivity index (χ0v) is 3.55. The first kappa shape index (κ1) is 5.36. The maximum absolute atomic E-state index is 4.77. The number of nitrogens with two attached hydrogens (primary N) is 4. The van der Waals surface area contributed by atoms with Gasteiger partial charge in [0.15, 0.2) is 0 Å². The van der Waals surface area contributed by atoms with Crippen LogP contribution >= 0.6 is 0 Å².